The van der Waals surface area contributed by atoms with Gasteiger partial charge in [-0.15, -0.1) is 0 Å². The van der Waals surface area contributed by atoms with Gasteiger partial charge < -0.3 is 14.7 Å². The zero-order valence-electron chi connectivity index (χ0n) is 19.6. The second kappa shape index (κ2) is 10.2. The third-order valence-corrected chi connectivity index (χ3v) is 6.67. The molecule has 174 valence electrons. The van der Waals surface area contributed by atoms with Gasteiger partial charge >= 0.3 is 0 Å². The Bertz CT molecular complexity index is 1050. The number of aliphatic hydroxyl groups is 1. The van der Waals surface area contributed by atoms with Gasteiger partial charge in [0.2, 0.25) is 0 Å². The number of hydrogen-bond acceptors (Lipinski definition) is 4. The smallest absolute Gasteiger partial charge is 0.295 e. The third kappa shape index (κ3) is 4.68. The number of fused-ring (bicyclic) bond motifs is 1. The number of ether oxygens (including phenoxy) is 1. The number of ketones is 1. The largest absolute Gasteiger partial charge is 0.507 e. The molecule has 0 aromatic heterocycles. The summed E-state index contributed by atoms with van der Waals surface area (Å²) in [6, 6.07) is 12.8. The van der Waals surface area contributed by atoms with Gasteiger partial charge in [0, 0.05) is 12.1 Å². The van der Waals surface area contributed by atoms with Crippen molar-refractivity contribution >= 4 is 17.4 Å². The lowest BCUT2D eigenvalue weighted by Gasteiger charge is -2.25. The number of aryl methyl sites for hydroxylation is 2. The first kappa shape index (κ1) is 23.1. The van der Waals surface area contributed by atoms with Gasteiger partial charge in [-0.1, -0.05) is 44.0 Å². The summed E-state index contributed by atoms with van der Waals surface area (Å²) in [5, 5.41) is 11.3. The van der Waals surface area contributed by atoms with Crippen molar-refractivity contribution in [2.75, 3.05) is 13.2 Å². The summed E-state index contributed by atoms with van der Waals surface area (Å²) in [6.45, 7) is 5.08. The monoisotopic (exact) mass is 447 g/mol. The average Bonchev–Trinajstić information content (AvgIpc) is 3.09. The number of likely N-dealkylation sites (tertiary alicyclic amines) is 1. The van der Waals surface area contributed by atoms with Gasteiger partial charge in [-0.25, -0.2) is 0 Å². The Morgan fingerprint density at radius 3 is 2.42 bits per heavy atom. The maximum atomic E-state index is 13.2. The van der Waals surface area contributed by atoms with Gasteiger partial charge in [0.15, 0.2) is 0 Å². The topological polar surface area (TPSA) is 66.8 Å². The molecule has 0 spiro atoms. The van der Waals surface area contributed by atoms with Crippen molar-refractivity contribution < 1.29 is 19.4 Å². The lowest BCUT2D eigenvalue weighted by Crippen LogP contribution is -2.30. The molecule has 2 aromatic carbocycles. The van der Waals surface area contributed by atoms with Gasteiger partial charge in [0.1, 0.15) is 11.5 Å². The van der Waals surface area contributed by atoms with Crippen molar-refractivity contribution in [3.05, 3.63) is 70.3 Å². The molecule has 0 radical (unpaired) electrons. The number of benzene rings is 2. The fourth-order valence-corrected chi connectivity index (χ4v) is 4.94. The van der Waals surface area contributed by atoms with Gasteiger partial charge in [-0.05, 0) is 73.9 Å². The van der Waals surface area contributed by atoms with Crippen LogP contribution in [0, 0.1) is 0 Å². The molecule has 33 heavy (non-hydrogen) atoms. The van der Waals surface area contributed by atoms with E-state index in [1.165, 1.54) is 17.5 Å². The molecule has 1 fully saturated rings. The van der Waals surface area contributed by atoms with Crippen molar-refractivity contribution in [2.45, 2.75) is 64.8 Å². The summed E-state index contributed by atoms with van der Waals surface area (Å²) < 4.78 is 5.56. The summed E-state index contributed by atoms with van der Waals surface area (Å²) >= 11 is 0. The van der Waals surface area contributed by atoms with E-state index in [-0.39, 0.29) is 11.3 Å². The zero-order chi connectivity index (χ0) is 23.4. The maximum absolute atomic E-state index is 13.2. The van der Waals surface area contributed by atoms with Gasteiger partial charge in [0.05, 0.1) is 18.2 Å². The molecule has 1 amide bonds. The number of carbonyl (C=O) groups is 2. The molecule has 1 heterocycles. The fraction of sp³-hybridized carbons (Fsp3) is 0.429. The third-order valence-electron chi connectivity index (χ3n) is 6.67. The van der Waals surface area contributed by atoms with Crippen molar-refractivity contribution in [3.63, 3.8) is 0 Å². The van der Waals surface area contributed by atoms with Crippen LogP contribution in [-0.2, 0) is 22.4 Å². The second-order valence-electron chi connectivity index (χ2n) is 8.89. The van der Waals surface area contributed by atoms with E-state index >= 15 is 0 Å². The number of nitrogens with zero attached hydrogens (tertiary/aromatic N) is 1. The number of rotatable bonds is 8. The Labute approximate surface area is 196 Å². The summed E-state index contributed by atoms with van der Waals surface area (Å²) in [5.41, 5.74) is 4.11. The normalized spacial score (nSPS) is 19.6. The Hall–Kier alpha value is -3.08. The molecule has 1 atom stereocenters. The number of carbonyl (C=O) groups excluding carboxylic acids is 2. The van der Waals surface area contributed by atoms with Crippen LogP contribution in [0.2, 0.25) is 0 Å². The molecule has 1 N–H and O–H groups in total. The molecule has 5 nitrogen and oxygen atoms in total. The molecule has 2 aromatic rings. The van der Waals surface area contributed by atoms with Crippen LogP contribution in [-0.4, -0.2) is 34.8 Å². The highest BCUT2D eigenvalue weighted by Crippen LogP contribution is 2.40. The number of amides is 1. The highest BCUT2D eigenvalue weighted by atomic mass is 16.5. The molecule has 5 heteroatoms. The van der Waals surface area contributed by atoms with Crippen molar-refractivity contribution in [2.24, 2.45) is 0 Å². The van der Waals surface area contributed by atoms with Crippen molar-refractivity contribution in [1.82, 2.24) is 4.90 Å². The van der Waals surface area contributed by atoms with E-state index in [4.69, 9.17) is 4.74 Å². The van der Waals surface area contributed by atoms with E-state index in [1.807, 2.05) is 49.4 Å². The quantitative estimate of drug-likeness (QED) is 0.248. The van der Waals surface area contributed by atoms with Crippen LogP contribution in [0.1, 0.15) is 74.2 Å². The first-order chi connectivity index (χ1) is 16.0. The summed E-state index contributed by atoms with van der Waals surface area (Å²) in [6.07, 6.45) is 7.14. The SMILES string of the molecule is CCCCCN1C(=O)C(=O)/C(=C(\O)c2ccc3c(c2)CCCC3)C1c1ccc(OCC)cc1. The van der Waals surface area contributed by atoms with E-state index in [2.05, 4.69) is 6.92 Å². The fourth-order valence-electron chi connectivity index (χ4n) is 4.94. The van der Waals surface area contributed by atoms with Gasteiger partial charge in [0.25, 0.3) is 11.7 Å². The Kier molecular flexibility index (Phi) is 7.17. The minimum atomic E-state index is -0.611. The van der Waals surface area contributed by atoms with Crippen LogP contribution in [0.15, 0.2) is 48.0 Å². The zero-order valence-corrected chi connectivity index (χ0v) is 19.6. The predicted octanol–water partition coefficient (Wildman–Crippen LogP) is 5.58. The first-order valence-corrected chi connectivity index (χ1v) is 12.2. The molecular weight excluding hydrogens is 414 g/mol. The molecule has 1 unspecified atom stereocenters. The van der Waals surface area contributed by atoms with E-state index in [0.29, 0.717) is 18.7 Å². The standard InChI is InChI=1S/C28H33NO4/c1-3-5-8-17-29-25(20-13-15-23(16-14-20)33-4-2)24(27(31)28(29)32)26(30)22-12-11-19-9-6-7-10-21(19)18-22/h11-16,18,25,30H,3-10,17H2,1-2H3/b26-24-. The van der Waals surface area contributed by atoms with E-state index in [0.717, 1.165) is 49.8 Å². The lowest BCUT2D eigenvalue weighted by atomic mass is 9.88. The lowest BCUT2D eigenvalue weighted by molar-refractivity contribution is -0.139. The van der Waals surface area contributed by atoms with Gasteiger partial charge in [-0.2, -0.15) is 0 Å². The van der Waals surface area contributed by atoms with Crippen molar-refractivity contribution in [3.8, 4) is 5.75 Å². The molecule has 2 aliphatic rings. The first-order valence-electron chi connectivity index (χ1n) is 12.2. The predicted molar refractivity (Wildman–Crippen MR) is 129 cm³/mol. The van der Waals surface area contributed by atoms with Crippen molar-refractivity contribution in [1.29, 1.82) is 0 Å². The Morgan fingerprint density at radius 2 is 1.73 bits per heavy atom. The highest BCUT2D eigenvalue weighted by Gasteiger charge is 2.45. The molecule has 1 aliphatic carbocycles. The summed E-state index contributed by atoms with van der Waals surface area (Å²) in [5.74, 6) is -0.498. The van der Waals surface area contributed by atoms with Crippen LogP contribution in [0.25, 0.3) is 5.76 Å². The van der Waals surface area contributed by atoms with Crippen LogP contribution in [0.5, 0.6) is 5.75 Å². The molecule has 0 bridgehead atoms. The van der Waals surface area contributed by atoms with Crippen LogP contribution < -0.4 is 4.74 Å². The molecular formula is C28H33NO4. The molecule has 1 saturated heterocycles. The Balaban J connectivity index is 1.77. The number of Topliss-reactive ketones (excluding diaryl/α,β-unsaturated/α-hetero) is 1. The minimum absolute atomic E-state index is 0.0846. The molecule has 1 aliphatic heterocycles. The summed E-state index contributed by atoms with van der Waals surface area (Å²) in [7, 11) is 0. The molecule has 0 saturated carbocycles. The minimum Gasteiger partial charge on any atom is -0.507 e. The summed E-state index contributed by atoms with van der Waals surface area (Å²) in [4.78, 5) is 27.8. The van der Waals surface area contributed by atoms with Crippen LogP contribution in [0.4, 0.5) is 0 Å². The number of aliphatic hydroxyl groups excluding tert-OH is 1. The van der Waals surface area contributed by atoms with E-state index in [9.17, 15) is 14.7 Å². The second-order valence-corrected chi connectivity index (χ2v) is 8.89. The number of hydrogen-bond donors (Lipinski definition) is 1. The average molecular weight is 448 g/mol. The van der Waals surface area contributed by atoms with Crippen LogP contribution in [0.3, 0.4) is 0 Å². The van der Waals surface area contributed by atoms with E-state index in [1.54, 1.807) is 4.90 Å². The van der Waals surface area contributed by atoms with Gasteiger partial charge in [-0.3, -0.25) is 9.59 Å². The number of unbranched alkanes of at least 4 members (excludes halogenated alkanes) is 2. The van der Waals surface area contributed by atoms with E-state index < -0.39 is 17.7 Å². The highest BCUT2D eigenvalue weighted by molar-refractivity contribution is 6.46. The Morgan fingerprint density at radius 1 is 1.00 bits per heavy atom. The molecule has 4 rings (SSSR count). The maximum Gasteiger partial charge on any atom is 0.295 e. The van der Waals surface area contributed by atoms with Crippen LogP contribution >= 0.6 is 0 Å².